The largest absolute Gasteiger partial charge is 0.502 e. The molecule has 0 aliphatic heterocycles. The lowest BCUT2D eigenvalue weighted by Gasteiger charge is -2.25. The van der Waals surface area contributed by atoms with Crippen LogP contribution in [0, 0.1) is 0 Å². The van der Waals surface area contributed by atoms with Gasteiger partial charge in [0.25, 0.3) is 0 Å². The van der Waals surface area contributed by atoms with Gasteiger partial charge in [-0.15, -0.1) is 0 Å². The first-order valence-electron chi connectivity index (χ1n) is 11.3. The van der Waals surface area contributed by atoms with E-state index in [-0.39, 0.29) is 0 Å². The van der Waals surface area contributed by atoms with Crippen molar-refractivity contribution < 1.29 is 29.3 Å². The SMILES string of the molecule is CC(C)(CCC(O)CCCC(O)CCC(C)(C)c1cc(=O)c(O)co1)c1cc(=O)c(O)co1. The third kappa shape index (κ3) is 7.75. The Bertz CT molecular complexity index is 936. The Morgan fingerprint density at radius 3 is 1.42 bits per heavy atom. The molecule has 8 heteroatoms. The smallest absolute Gasteiger partial charge is 0.226 e. The van der Waals surface area contributed by atoms with Crippen molar-refractivity contribution in [1.29, 1.82) is 0 Å². The highest BCUT2D eigenvalue weighted by atomic mass is 16.4. The fraction of sp³-hybridized carbons (Fsp3) is 0.600. The number of hydrogen-bond donors (Lipinski definition) is 4. The van der Waals surface area contributed by atoms with E-state index in [2.05, 4.69) is 0 Å². The summed E-state index contributed by atoms with van der Waals surface area (Å²) < 4.78 is 10.7. The number of aromatic hydroxyl groups is 2. The molecule has 2 heterocycles. The van der Waals surface area contributed by atoms with Gasteiger partial charge < -0.3 is 29.3 Å². The maximum atomic E-state index is 11.6. The van der Waals surface area contributed by atoms with Gasteiger partial charge >= 0.3 is 0 Å². The Balaban J connectivity index is 1.74. The zero-order valence-corrected chi connectivity index (χ0v) is 19.8. The van der Waals surface area contributed by atoms with E-state index in [0.29, 0.717) is 56.5 Å². The number of aliphatic hydroxyl groups is 2. The highest BCUT2D eigenvalue weighted by Gasteiger charge is 2.27. The highest BCUT2D eigenvalue weighted by molar-refractivity contribution is 5.20. The average Bonchev–Trinajstić information content (AvgIpc) is 2.74. The molecule has 0 aliphatic rings. The van der Waals surface area contributed by atoms with Crippen LogP contribution in [0.4, 0.5) is 0 Å². The fourth-order valence-corrected chi connectivity index (χ4v) is 3.70. The molecule has 0 aromatic carbocycles. The number of rotatable bonds is 12. The lowest BCUT2D eigenvalue weighted by molar-refractivity contribution is 0.113. The summed E-state index contributed by atoms with van der Waals surface area (Å²) in [5.41, 5.74) is -1.92. The molecular weight excluding hydrogens is 428 g/mol. The van der Waals surface area contributed by atoms with Crippen molar-refractivity contribution in [2.75, 3.05) is 0 Å². The second-order valence-corrected chi connectivity index (χ2v) is 10.1. The minimum atomic E-state index is -0.539. The van der Waals surface area contributed by atoms with Crippen molar-refractivity contribution in [3.8, 4) is 11.5 Å². The molecule has 2 aromatic heterocycles. The summed E-state index contributed by atoms with van der Waals surface area (Å²) in [5, 5.41) is 39.4. The van der Waals surface area contributed by atoms with Crippen LogP contribution in [0.15, 0.2) is 43.1 Å². The van der Waals surface area contributed by atoms with Crippen LogP contribution in [0.25, 0.3) is 0 Å². The van der Waals surface area contributed by atoms with Gasteiger partial charge in [0.05, 0.1) is 12.2 Å². The Labute approximate surface area is 193 Å². The average molecular weight is 465 g/mol. The van der Waals surface area contributed by atoms with E-state index in [1.807, 2.05) is 27.7 Å². The van der Waals surface area contributed by atoms with Gasteiger partial charge in [-0.2, -0.15) is 0 Å². The summed E-state index contributed by atoms with van der Waals surface area (Å²) in [6, 6.07) is 2.56. The summed E-state index contributed by atoms with van der Waals surface area (Å²) in [7, 11) is 0. The van der Waals surface area contributed by atoms with Crippen molar-refractivity contribution in [3.05, 3.63) is 56.6 Å². The number of aliphatic hydroxyl groups excluding tert-OH is 2. The molecule has 0 radical (unpaired) electrons. The van der Waals surface area contributed by atoms with Crippen molar-refractivity contribution in [1.82, 2.24) is 0 Å². The lowest BCUT2D eigenvalue weighted by Crippen LogP contribution is -2.23. The molecule has 4 N–H and O–H groups in total. The normalized spacial score (nSPS) is 14.2. The highest BCUT2D eigenvalue weighted by Crippen LogP contribution is 2.31. The van der Waals surface area contributed by atoms with Gasteiger partial charge in [0.1, 0.15) is 24.0 Å². The molecule has 0 bridgehead atoms. The molecular formula is C25H36O8. The van der Waals surface area contributed by atoms with Crippen molar-refractivity contribution in [2.24, 2.45) is 0 Å². The minimum Gasteiger partial charge on any atom is -0.502 e. The minimum absolute atomic E-state index is 0.427. The van der Waals surface area contributed by atoms with Gasteiger partial charge in [0, 0.05) is 23.0 Å². The van der Waals surface area contributed by atoms with Gasteiger partial charge in [0.15, 0.2) is 11.5 Å². The van der Waals surface area contributed by atoms with E-state index in [9.17, 15) is 30.0 Å². The van der Waals surface area contributed by atoms with Gasteiger partial charge in [-0.05, 0) is 44.9 Å². The summed E-state index contributed by atoms with van der Waals surface area (Å²) in [6.07, 6.45) is 4.96. The van der Waals surface area contributed by atoms with E-state index >= 15 is 0 Å². The maximum absolute atomic E-state index is 11.6. The quantitative estimate of drug-likeness (QED) is 0.372. The molecule has 0 aliphatic carbocycles. The molecule has 0 spiro atoms. The summed E-state index contributed by atoms with van der Waals surface area (Å²) in [5.74, 6) is 0.0632. The van der Waals surface area contributed by atoms with Crippen LogP contribution >= 0.6 is 0 Å². The zero-order valence-electron chi connectivity index (χ0n) is 19.8. The molecule has 2 unspecified atom stereocenters. The van der Waals surface area contributed by atoms with Crippen molar-refractivity contribution in [3.63, 3.8) is 0 Å². The molecule has 0 fully saturated rings. The van der Waals surface area contributed by atoms with Crippen LogP contribution in [0.2, 0.25) is 0 Å². The van der Waals surface area contributed by atoms with Crippen molar-refractivity contribution >= 4 is 0 Å². The third-order valence-corrected chi connectivity index (χ3v) is 6.24. The molecule has 0 saturated carbocycles. The van der Waals surface area contributed by atoms with Crippen molar-refractivity contribution in [2.45, 2.75) is 95.7 Å². The predicted octanol–water partition coefficient (Wildman–Crippen LogP) is 3.71. The summed E-state index contributed by atoms with van der Waals surface area (Å²) >= 11 is 0. The van der Waals surface area contributed by atoms with Crippen LogP contribution in [0.1, 0.15) is 84.2 Å². The second-order valence-electron chi connectivity index (χ2n) is 10.1. The molecule has 33 heavy (non-hydrogen) atoms. The standard InChI is InChI=1S/C25H36O8/c1-24(2,22-12-18(28)20(30)14-32-22)10-8-16(26)6-5-7-17(27)9-11-25(3,4)23-13-19(29)21(31)15-33-23/h12-17,26-27,30-31H,5-11H2,1-4H3. The first kappa shape index (κ1) is 26.7. The molecule has 184 valence electrons. The van der Waals surface area contributed by atoms with E-state index in [1.165, 1.54) is 12.1 Å². The zero-order chi connectivity index (χ0) is 24.8. The van der Waals surface area contributed by atoms with E-state index in [1.54, 1.807) is 0 Å². The first-order chi connectivity index (χ1) is 15.3. The van der Waals surface area contributed by atoms with Gasteiger partial charge in [-0.3, -0.25) is 9.59 Å². The molecule has 2 rings (SSSR count). The first-order valence-corrected chi connectivity index (χ1v) is 11.3. The Morgan fingerprint density at radius 2 is 1.09 bits per heavy atom. The van der Waals surface area contributed by atoms with Gasteiger partial charge in [-0.1, -0.05) is 27.7 Å². The van der Waals surface area contributed by atoms with Crippen LogP contribution < -0.4 is 10.9 Å². The molecule has 2 aromatic rings. The Morgan fingerprint density at radius 1 is 0.727 bits per heavy atom. The van der Waals surface area contributed by atoms with E-state index in [4.69, 9.17) is 8.83 Å². The van der Waals surface area contributed by atoms with E-state index < -0.39 is 45.4 Å². The lowest BCUT2D eigenvalue weighted by atomic mass is 9.82. The van der Waals surface area contributed by atoms with E-state index in [0.717, 1.165) is 12.5 Å². The molecule has 0 saturated heterocycles. The predicted molar refractivity (Wildman–Crippen MR) is 124 cm³/mol. The number of hydrogen-bond acceptors (Lipinski definition) is 8. The topological polar surface area (TPSA) is 141 Å². The van der Waals surface area contributed by atoms with Gasteiger partial charge in [0.2, 0.25) is 10.9 Å². The second kappa shape index (κ2) is 11.0. The van der Waals surface area contributed by atoms with Crippen LogP contribution in [0.3, 0.4) is 0 Å². The Hall–Kier alpha value is -2.58. The van der Waals surface area contributed by atoms with Crippen LogP contribution in [-0.2, 0) is 10.8 Å². The maximum Gasteiger partial charge on any atom is 0.226 e. The molecule has 2 atom stereocenters. The fourth-order valence-electron chi connectivity index (χ4n) is 3.70. The third-order valence-electron chi connectivity index (χ3n) is 6.24. The van der Waals surface area contributed by atoms with Crippen LogP contribution in [-0.4, -0.2) is 32.6 Å². The van der Waals surface area contributed by atoms with Gasteiger partial charge in [-0.25, -0.2) is 0 Å². The molecule has 0 amide bonds. The summed E-state index contributed by atoms with van der Waals surface area (Å²) in [6.45, 7) is 7.65. The molecule has 8 nitrogen and oxygen atoms in total. The summed E-state index contributed by atoms with van der Waals surface area (Å²) in [4.78, 5) is 23.3. The Kier molecular flexibility index (Phi) is 8.91. The van der Waals surface area contributed by atoms with Crippen LogP contribution in [0.5, 0.6) is 11.5 Å². The monoisotopic (exact) mass is 464 g/mol.